The summed E-state index contributed by atoms with van der Waals surface area (Å²) in [4.78, 5) is 17.6. The summed E-state index contributed by atoms with van der Waals surface area (Å²) < 4.78 is 5.66. The molecule has 0 aliphatic rings. The largest absolute Gasteiger partial charge is 0.469 e. The van der Waals surface area contributed by atoms with Crippen LogP contribution in [0.5, 0.6) is 0 Å². The van der Waals surface area contributed by atoms with Crippen LogP contribution >= 0.6 is 15.9 Å². The fourth-order valence-electron chi connectivity index (χ4n) is 1.71. The van der Waals surface area contributed by atoms with E-state index in [9.17, 15) is 4.79 Å². The smallest absolute Gasteiger partial charge is 0.310 e. The molecule has 1 aromatic heterocycles. The molecule has 1 rings (SSSR count). The number of ether oxygens (including phenoxy) is 1. The molecule has 0 radical (unpaired) electrons. The molecule has 0 bridgehead atoms. The van der Waals surface area contributed by atoms with Gasteiger partial charge in [-0.25, -0.2) is 4.98 Å². The molecule has 0 fully saturated rings. The minimum absolute atomic E-state index is 0.171. The monoisotopic (exact) mass is 300 g/mol. The van der Waals surface area contributed by atoms with E-state index >= 15 is 0 Å². The van der Waals surface area contributed by atoms with Gasteiger partial charge in [0, 0.05) is 24.3 Å². The Labute approximate surface area is 110 Å². The van der Waals surface area contributed by atoms with E-state index in [0.29, 0.717) is 6.54 Å². The number of rotatable bonds is 4. The zero-order valence-electron chi connectivity index (χ0n) is 10.5. The highest BCUT2D eigenvalue weighted by atomic mass is 79.9. The maximum atomic E-state index is 11.3. The number of halogens is 1. The highest BCUT2D eigenvalue weighted by Gasteiger charge is 2.17. The number of hydrogen-bond acceptors (Lipinski definition) is 4. The van der Waals surface area contributed by atoms with Gasteiger partial charge in [0.1, 0.15) is 5.82 Å². The van der Waals surface area contributed by atoms with Gasteiger partial charge in [-0.1, -0.05) is 6.92 Å². The lowest BCUT2D eigenvalue weighted by atomic mass is 10.1. The summed E-state index contributed by atoms with van der Waals surface area (Å²) in [6, 6.07) is 2.00. The van der Waals surface area contributed by atoms with Crippen LogP contribution in [0.1, 0.15) is 12.5 Å². The molecule has 0 saturated heterocycles. The SMILES string of the molecule is COC(=O)C(C)CN(C)c1ncc(Br)cc1C. The summed E-state index contributed by atoms with van der Waals surface area (Å²) in [5, 5.41) is 0. The number of esters is 1. The van der Waals surface area contributed by atoms with E-state index in [1.165, 1.54) is 7.11 Å². The number of aromatic nitrogens is 1. The van der Waals surface area contributed by atoms with Crippen LogP contribution in [0.3, 0.4) is 0 Å². The average Bonchev–Trinajstić information content (AvgIpc) is 2.27. The van der Waals surface area contributed by atoms with Crippen molar-refractivity contribution in [2.45, 2.75) is 13.8 Å². The Balaban J connectivity index is 2.76. The van der Waals surface area contributed by atoms with Gasteiger partial charge in [-0.3, -0.25) is 4.79 Å². The molecule has 1 unspecified atom stereocenters. The first-order chi connectivity index (χ1) is 7.95. The van der Waals surface area contributed by atoms with Gasteiger partial charge in [0.25, 0.3) is 0 Å². The highest BCUT2D eigenvalue weighted by Crippen LogP contribution is 2.20. The molecule has 0 amide bonds. The lowest BCUT2D eigenvalue weighted by Gasteiger charge is -2.22. The van der Waals surface area contributed by atoms with Gasteiger partial charge in [0.15, 0.2) is 0 Å². The minimum Gasteiger partial charge on any atom is -0.469 e. The molecular formula is C12H17BrN2O2. The number of pyridine rings is 1. The summed E-state index contributed by atoms with van der Waals surface area (Å²) in [5.41, 5.74) is 1.07. The first-order valence-electron chi connectivity index (χ1n) is 5.36. The summed E-state index contributed by atoms with van der Waals surface area (Å²) in [6.07, 6.45) is 1.75. The zero-order valence-corrected chi connectivity index (χ0v) is 12.1. The van der Waals surface area contributed by atoms with Crippen molar-refractivity contribution < 1.29 is 9.53 Å². The van der Waals surface area contributed by atoms with Gasteiger partial charge in [-0.2, -0.15) is 0 Å². The van der Waals surface area contributed by atoms with Crippen LogP contribution < -0.4 is 4.90 Å². The van der Waals surface area contributed by atoms with Crippen molar-refractivity contribution in [1.82, 2.24) is 4.98 Å². The number of nitrogens with zero attached hydrogens (tertiary/aromatic N) is 2. The minimum atomic E-state index is -0.202. The lowest BCUT2D eigenvalue weighted by molar-refractivity contribution is -0.144. The summed E-state index contributed by atoms with van der Waals surface area (Å²) >= 11 is 3.38. The predicted molar refractivity (Wildman–Crippen MR) is 71.1 cm³/mol. The average molecular weight is 301 g/mol. The van der Waals surface area contributed by atoms with Crippen molar-refractivity contribution in [3.63, 3.8) is 0 Å². The van der Waals surface area contributed by atoms with Crippen LogP contribution in [0.2, 0.25) is 0 Å². The fraction of sp³-hybridized carbons (Fsp3) is 0.500. The Hall–Kier alpha value is -1.10. The van der Waals surface area contributed by atoms with Crippen molar-refractivity contribution >= 4 is 27.7 Å². The normalized spacial score (nSPS) is 12.1. The number of carbonyl (C=O) groups excluding carboxylic acids is 1. The number of carbonyl (C=O) groups is 1. The molecule has 94 valence electrons. The second-order valence-corrected chi connectivity index (χ2v) is 5.01. The Bertz CT molecular complexity index is 409. The molecule has 17 heavy (non-hydrogen) atoms. The second kappa shape index (κ2) is 6.00. The molecule has 1 heterocycles. The summed E-state index contributed by atoms with van der Waals surface area (Å²) in [6.45, 7) is 4.42. The quantitative estimate of drug-likeness (QED) is 0.801. The number of aryl methyl sites for hydroxylation is 1. The standard InChI is InChI=1S/C12H17BrN2O2/c1-8-5-10(13)6-14-11(8)15(3)7-9(2)12(16)17-4/h5-6,9H,7H2,1-4H3. The van der Waals surface area contributed by atoms with Crippen LogP contribution in [0.15, 0.2) is 16.7 Å². The number of hydrogen-bond donors (Lipinski definition) is 0. The fourth-order valence-corrected chi connectivity index (χ4v) is 2.15. The van der Waals surface area contributed by atoms with Gasteiger partial charge in [-0.15, -0.1) is 0 Å². The van der Waals surface area contributed by atoms with Crippen LogP contribution in [-0.2, 0) is 9.53 Å². The molecule has 1 atom stereocenters. The maximum absolute atomic E-state index is 11.3. The van der Waals surface area contributed by atoms with Gasteiger partial charge in [0.05, 0.1) is 13.0 Å². The molecule has 0 N–H and O–H groups in total. The topological polar surface area (TPSA) is 42.4 Å². The van der Waals surface area contributed by atoms with Gasteiger partial charge < -0.3 is 9.64 Å². The molecule has 0 saturated carbocycles. The number of methoxy groups -OCH3 is 1. The summed E-state index contributed by atoms with van der Waals surface area (Å²) in [7, 11) is 3.32. The molecular weight excluding hydrogens is 284 g/mol. The van der Waals surface area contributed by atoms with Crippen molar-refractivity contribution in [2.24, 2.45) is 5.92 Å². The first kappa shape index (κ1) is 14.0. The van der Waals surface area contributed by atoms with Gasteiger partial charge >= 0.3 is 5.97 Å². The Morgan fingerprint density at radius 3 is 2.82 bits per heavy atom. The van der Waals surface area contributed by atoms with Gasteiger partial charge in [-0.05, 0) is 34.5 Å². The van der Waals surface area contributed by atoms with Gasteiger partial charge in [0.2, 0.25) is 0 Å². The first-order valence-corrected chi connectivity index (χ1v) is 6.16. The van der Waals surface area contributed by atoms with Crippen molar-refractivity contribution in [1.29, 1.82) is 0 Å². The van der Waals surface area contributed by atoms with Crippen LogP contribution in [0.4, 0.5) is 5.82 Å². The molecule has 4 nitrogen and oxygen atoms in total. The third-order valence-corrected chi connectivity index (χ3v) is 2.96. The van der Waals surface area contributed by atoms with E-state index < -0.39 is 0 Å². The van der Waals surface area contributed by atoms with Crippen LogP contribution in [0.25, 0.3) is 0 Å². The second-order valence-electron chi connectivity index (χ2n) is 4.10. The maximum Gasteiger partial charge on any atom is 0.310 e. The van der Waals surface area contributed by atoms with Crippen LogP contribution in [0, 0.1) is 12.8 Å². The van der Waals surface area contributed by atoms with E-state index in [1.54, 1.807) is 6.20 Å². The Morgan fingerprint density at radius 2 is 2.29 bits per heavy atom. The van der Waals surface area contributed by atoms with E-state index in [0.717, 1.165) is 15.9 Å². The zero-order chi connectivity index (χ0) is 13.0. The molecule has 0 aliphatic heterocycles. The molecule has 0 aliphatic carbocycles. The predicted octanol–water partition coefficient (Wildman–Crippen LogP) is 2.40. The lowest BCUT2D eigenvalue weighted by Crippen LogP contribution is -2.30. The summed E-state index contributed by atoms with van der Waals surface area (Å²) in [5.74, 6) is 0.505. The molecule has 5 heteroatoms. The van der Waals surface area contributed by atoms with Crippen LogP contribution in [-0.4, -0.2) is 31.7 Å². The highest BCUT2D eigenvalue weighted by molar-refractivity contribution is 9.10. The van der Waals surface area contributed by atoms with Crippen molar-refractivity contribution in [3.8, 4) is 0 Å². The Kier molecular flexibility index (Phi) is 4.93. The van der Waals surface area contributed by atoms with E-state index in [1.807, 2.05) is 31.9 Å². The molecule has 0 aromatic carbocycles. The third-order valence-electron chi connectivity index (χ3n) is 2.53. The van der Waals surface area contributed by atoms with Crippen molar-refractivity contribution in [2.75, 3.05) is 25.6 Å². The molecule has 0 spiro atoms. The Morgan fingerprint density at radius 1 is 1.65 bits per heavy atom. The number of anilines is 1. The van der Waals surface area contributed by atoms with E-state index in [4.69, 9.17) is 4.74 Å². The third kappa shape index (κ3) is 3.70. The van der Waals surface area contributed by atoms with Crippen molar-refractivity contribution in [3.05, 3.63) is 22.3 Å². The van der Waals surface area contributed by atoms with E-state index in [-0.39, 0.29) is 11.9 Å². The molecule has 1 aromatic rings. The van der Waals surface area contributed by atoms with E-state index in [2.05, 4.69) is 20.9 Å².